The van der Waals surface area contributed by atoms with Crippen LogP contribution in [-0.2, 0) is 11.2 Å². The minimum absolute atomic E-state index is 0.0199. The fraction of sp³-hybridized carbons (Fsp3) is 0.324. The summed E-state index contributed by atoms with van der Waals surface area (Å²) in [5, 5.41) is 1.45. The highest BCUT2D eigenvalue weighted by Crippen LogP contribution is 2.39. The van der Waals surface area contributed by atoms with Gasteiger partial charge in [-0.2, -0.15) is 0 Å². The zero-order valence-corrected chi connectivity index (χ0v) is 27.9. The van der Waals surface area contributed by atoms with E-state index in [4.69, 9.17) is 42.5 Å². The Bertz CT molecular complexity index is 1580. The van der Waals surface area contributed by atoms with Gasteiger partial charge in [-0.3, -0.25) is 4.79 Å². The van der Waals surface area contributed by atoms with Crippen molar-refractivity contribution < 1.29 is 23.0 Å². The van der Waals surface area contributed by atoms with Crippen molar-refractivity contribution in [2.45, 2.75) is 52.9 Å². The zero-order valence-electron chi connectivity index (χ0n) is 26.4. The molecule has 0 spiro atoms. The Morgan fingerprint density at radius 2 is 1.60 bits per heavy atom. The maximum atomic E-state index is 15.0. The number of hydrogen-bond donors (Lipinski definition) is 2. The third kappa shape index (κ3) is 10.0. The van der Waals surface area contributed by atoms with Gasteiger partial charge in [0, 0.05) is 22.0 Å². The van der Waals surface area contributed by atoms with Gasteiger partial charge >= 0.3 is 0 Å². The molecule has 11 heteroatoms. The van der Waals surface area contributed by atoms with E-state index in [0.29, 0.717) is 29.5 Å². The van der Waals surface area contributed by atoms with E-state index >= 15 is 8.78 Å². The second-order valence-electron chi connectivity index (χ2n) is 9.47. The molecule has 2 aromatic carbocycles. The normalized spacial score (nSPS) is 10.7. The van der Waals surface area contributed by atoms with Crippen LogP contribution in [0.2, 0.25) is 10.0 Å². The number of carbonyl (C=O) groups is 1. The SMILES string of the molecule is C#C.CCCC(Cc1cc(OC)c2nc(C)c(Cl)cc2c1)c1cc(C)c(OCC)c(-c2c(F)cc(Cl)cc2F)n1.CN.NC=O. The molecule has 0 fully saturated rings. The first-order valence-corrected chi connectivity index (χ1v) is 14.8. The summed E-state index contributed by atoms with van der Waals surface area (Å²) < 4.78 is 41.5. The number of terminal acetylenes is 1. The Labute approximate surface area is 274 Å². The minimum atomic E-state index is -0.786. The number of primary amides is 1. The van der Waals surface area contributed by atoms with Crippen molar-refractivity contribution in [3.8, 4) is 35.6 Å². The van der Waals surface area contributed by atoms with Crippen LogP contribution in [0.15, 0.2) is 36.4 Å². The van der Waals surface area contributed by atoms with E-state index in [9.17, 15) is 0 Å². The van der Waals surface area contributed by atoms with E-state index in [2.05, 4.69) is 42.3 Å². The Morgan fingerprint density at radius 3 is 2.13 bits per heavy atom. The lowest BCUT2D eigenvalue weighted by atomic mass is 9.89. The first-order chi connectivity index (χ1) is 21.6. The lowest BCUT2D eigenvalue weighted by molar-refractivity contribution is -0.106. The third-order valence-electron chi connectivity index (χ3n) is 6.54. The van der Waals surface area contributed by atoms with Crippen molar-refractivity contribution in [3.63, 3.8) is 0 Å². The summed E-state index contributed by atoms with van der Waals surface area (Å²) in [5.74, 6) is -0.580. The number of hydrogen-bond acceptors (Lipinski definition) is 6. The van der Waals surface area contributed by atoms with E-state index in [0.717, 1.165) is 58.4 Å². The molecule has 2 heterocycles. The van der Waals surface area contributed by atoms with Crippen LogP contribution in [0.25, 0.3) is 22.2 Å². The number of pyridine rings is 2. The van der Waals surface area contributed by atoms with Crippen molar-refractivity contribution in [2.75, 3.05) is 20.8 Å². The van der Waals surface area contributed by atoms with Gasteiger partial charge in [-0.05, 0) is 88.2 Å². The molecule has 4 N–H and O–H groups in total. The molecule has 0 bridgehead atoms. The fourth-order valence-corrected chi connectivity index (χ4v) is 5.15. The minimum Gasteiger partial charge on any atom is -0.494 e. The number of nitrogens with zero attached hydrogens (tertiary/aromatic N) is 2. The highest BCUT2D eigenvalue weighted by molar-refractivity contribution is 6.32. The largest absolute Gasteiger partial charge is 0.494 e. The quantitative estimate of drug-likeness (QED) is 0.139. The molecule has 4 aromatic rings. The molecule has 1 amide bonds. The second-order valence-corrected chi connectivity index (χ2v) is 10.3. The average Bonchev–Trinajstić information content (AvgIpc) is 3.00. The predicted octanol–water partition coefficient (Wildman–Crippen LogP) is 7.96. The highest BCUT2D eigenvalue weighted by atomic mass is 35.5. The molecule has 4 rings (SSSR count). The number of ether oxygens (including phenoxy) is 2. The summed E-state index contributed by atoms with van der Waals surface area (Å²) >= 11 is 12.2. The van der Waals surface area contributed by atoms with Gasteiger partial charge < -0.3 is 20.9 Å². The maximum Gasteiger partial charge on any atom is 0.204 e. The number of benzene rings is 2. The third-order valence-corrected chi connectivity index (χ3v) is 7.14. The standard InChI is InChI=1S/C30H30Cl2F2N2O2.C2H2.CH3NO.CH5N/c1-6-8-19(10-18-11-20-13-22(32)17(4)35-28(20)26(12-18)37-5)25-9-16(3)30(38-7-2)29(36-25)27-23(33)14-21(31)15-24(27)34;1-2;2-1-3;1-2/h9,11-15,19H,6-8,10H2,1-5H3;1-2H;1H,(H2,2,3);2H2,1H3. The second kappa shape index (κ2) is 19.4. The van der Waals surface area contributed by atoms with Gasteiger partial charge in [0.2, 0.25) is 6.41 Å². The predicted molar refractivity (Wildman–Crippen MR) is 180 cm³/mol. The first kappa shape index (κ1) is 39.1. The molecule has 45 heavy (non-hydrogen) atoms. The number of carbonyl (C=O) groups excluding carboxylic acids is 1. The number of rotatable bonds is 9. The van der Waals surface area contributed by atoms with Crippen LogP contribution < -0.4 is 20.9 Å². The number of amides is 1. The summed E-state index contributed by atoms with van der Waals surface area (Å²) in [6.07, 6.45) is 10.6. The fourth-order valence-electron chi connectivity index (χ4n) is 4.80. The van der Waals surface area contributed by atoms with Crippen molar-refractivity contribution >= 4 is 40.5 Å². The lowest BCUT2D eigenvalue weighted by Crippen LogP contribution is -2.10. The molecule has 7 nitrogen and oxygen atoms in total. The van der Waals surface area contributed by atoms with Crippen LogP contribution in [-0.4, -0.2) is 37.1 Å². The van der Waals surface area contributed by atoms with Crippen LogP contribution >= 0.6 is 23.2 Å². The molecule has 242 valence electrons. The number of aromatic nitrogens is 2. The van der Waals surface area contributed by atoms with Crippen molar-refractivity contribution in [3.05, 3.63) is 80.6 Å². The van der Waals surface area contributed by atoms with Crippen LogP contribution in [0, 0.1) is 38.3 Å². The molecule has 0 aliphatic heterocycles. The van der Waals surface area contributed by atoms with Gasteiger partial charge in [0.1, 0.15) is 34.3 Å². The summed E-state index contributed by atoms with van der Waals surface area (Å²) in [6.45, 7) is 7.97. The van der Waals surface area contributed by atoms with Crippen molar-refractivity contribution in [2.24, 2.45) is 11.5 Å². The molecular formula is C34H40Cl2F2N4O3. The number of aryl methyl sites for hydroxylation is 2. The molecule has 1 unspecified atom stereocenters. The van der Waals surface area contributed by atoms with E-state index < -0.39 is 11.6 Å². The Balaban J connectivity index is 0.00000134. The lowest BCUT2D eigenvalue weighted by Gasteiger charge is -2.21. The Kier molecular flexibility index (Phi) is 16.9. The van der Waals surface area contributed by atoms with Gasteiger partial charge in [-0.15, -0.1) is 12.8 Å². The molecule has 0 radical (unpaired) electrons. The number of halogens is 4. The number of fused-ring (bicyclic) bond motifs is 1. The molecule has 1 atom stereocenters. The monoisotopic (exact) mass is 660 g/mol. The van der Waals surface area contributed by atoms with Gasteiger partial charge in [0.25, 0.3) is 0 Å². The van der Waals surface area contributed by atoms with Crippen LogP contribution in [0.3, 0.4) is 0 Å². The molecule has 0 saturated heterocycles. The van der Waals surface area contributed by atoms with E-state index in [1.54, 1.807) is 7.11 Å². The van der Waals surface area contributed by atoms with Gasteiger partial charge in [-0.1, -0.05) is 36.5 Å². The van der Waals surface area contributed by atoms with Gasteiger partial charge in [-0.25, -0.2) is 18.7 Å². The van der Waals surface area contributed by atoms with Crippen LogP contribution in [0.5, 0.6) is 11.5 Å². The topological polar surface area (TPSA) is 113 Å². The number of nitrogens with two attached hydrogens (primary N) is 2. The first-order valence-electron chi connectivity index (χ1n) is 14.1. The molecule has 2 aromatic heterocycles. The molecular weight excluding hydrogens is 621 g/mol. The van der Waals surface area contributed by atoms with Crippen molar-refractivity contribution in [1.29, 1.82) is 0 Å². The summed E-state index contributed by atoms with van der Waals surface area (Å²) in [4.78, 5) is 18.0. The van der Waals surface area contributed by atoms with E-state index in [1.165, 1.54) is 7.05 Å². The Morgan fingerprint density at radius 1 is 1.00 bits per heavy atom. The van der Waals surface area contributed by atoms with Crippen molar-refractivity contribution in [1.82, 2.24) is 9.97 Å². The zero-order chi connectivity index (χ0) is 34.3. The molecule has 0 aliphatic carbocycles. The summed E-state index contributed by atoms with van der Waals surface area (Å²) in [7, 11) is 3.12. The van der Waals surface area contributed by atoms with Crippen LogP contribution in [0.1, 0.15) is 55.1 Å². The number of methoxy groups -OCH3 is 1. The summed E-state index contributed by atoms with van der Waals surface area (Å²) in [5.41, 5.74) is 12.5. The molecule has 0 saturated carbocycles. The molecule has 0 aliphatic rings. The van der Waals surface area contributed by atoms with Gasteiger partial charge in [0.05, 0.1) is 30.0 Å². The summed E-state index contributed by atoms with van der Waals surface area (Å²) in [6, 6.07) is 10.0. The average molecular weight is 662 g/mol. The van der Waals surface area contributed by atoms with Gasteiger partial charge in [0.15, 0.2) is 0 Å². The van der Waals surface area contributed by atoms with E-state index in [1.807, 2.05) is 39.0 Å². The Hall–Kier alpha value is -3.97. The van der Waals surface area contributed by atoms with Crippen LogP contribution in [0.4, 0.5) is 8.78 Å². The highest BCUT2D eigenvalue weighted by Gasteiger charge is 2.24. The smallest absolute Gasteiger partial charge is 0.204 e. The van der Waals surface area contributed by atoms with E-state index in [-0.39, 0.29) is 28.6 Å². The maximum absolute atomic E-state index is 15.0.